The summed E-state index contributed by atoms with van der Waals surface area (Å²) in [5.41, 5.74) is 4.90. The molecular formula is C7H14N2O3. The number of carbonyl (C=O) groups is 1. The number of likely N-dealkylation sites (N-methyl/N-ethyl adjacent to an activating group) is 1. The van der Waals surface area contributed by atoms with Crippen LogP contribution in [0.1, 0.15) is 6.42 Å². The molecule has 2 N–H and O–H groups in total. The molecule has 1 fully saturated rings. The van der Waals surface area contributed by atoms with Gasteiger partial charge in [-0.15, -0.1) is 0 Å². The lowest BCUT2D eigenvalue weighted by Crippen LogP contribution is -2.54. The summed E-state index contributed by atoms with van der Waals surface area (Å²) >= 11 is 0. The molecule has 0 aromatic carbocycles. The summed E-state index contributed by atoms with van der Waals surface area (Å²) < 4.78 is 5.05. The van der Waals surface area contributed by atoms with E-state index in [4.69, 9.17) is 15.3 Å². The van der Waals surface area contributed by atoms with Crippen LogP contribution in [-0.4, -0.2) is 43.9 Å². The van der Waals surface area contributed by atoms with E-state index in [-0.39, 0.29) is 12.5 Å². The average molecular weight is 174 g/mol. The van der Waals surface area contributed by atoms with Gasteiger partial charge >= 0.3 is 0 Å². The monoisotopic (exact) mass is 174 g/mol. The first kappa shape index (κ1) is 9.44. The number of hydroxylamine groups is 2. The minimum atomic E-state index is -0.884. The molecule has 1 aliphatic rings. The van der Waals surface area contributed by atoms with E-state index in [1.54, 1.807) is 0 Å². The molecule has 0 bridgehead atoms. The zero-order chi connectivity index (χ0) is 9.19. The minimum absolute atomic E-state index is 0.234. The normalized spacial score (nSPS) is 28.9. The van der Waals surface area contributed by atoms with E-state index in [1.165, 1.54) is 14.2 Å². The van der Waals surface area contributed by atoms with Gasteiger partial charge in [0.1, 0.15) is 5.54 Å². The van der Waals surface area contributed by atoms with Crippen LogP contribution in [0.4, 0.5) is 0 Å². The topological polar surface area (TPSA) is 64.8 Å². The fraction of sp³-hybridized carbons (Fsp3) is 0.857. The van der Waals surface area contributed by atoms with Gasteiger partial charge in [-0.25, -0.2) is 5.06 Å². The molecule has 0 aromatic rings. The van der Waals surface area contributed by atoms with Gasteiger partial charge in [-0.2, -0.15) is 0 Å². The highest BCUT2D eigenvalue weighted by molar-refractivity contribution is 5.85. The van der Waals surface area contributed by atoms with Crippen molar-refractivity contribution < 1.29 is 14.4 Å². The van der Waals surface area contributed by atoms with Crippen molar-refractivity contribution >= 4 is 5.91 Å². The third-order valence-corrected chi connectivity index (χ3v) is 2.04. The SMILES string of the molecule is CON(C)C(=O)C1(N)CCOC1. The number of nitrogens with two attached hydrogens (primary N) is 1. The van der Waals surface area contributed by atoms with Crippen molar-refractivity contribution in [3.8, 4) is 0 Å². The average Bonchev–Trinajstić information content (AvgIpc) is 2.50. The second kappa shape index (κ2) is 3.38. The Bertz CT molecular complexity index is 177. The van der Waals surface area contributed by atoms with Crippen molar-refractivity contribution in [1.82, 2.24) is 5.06 Å². The zero-order valence-corrected chi connectivity index (χ0v) is 7.37. The van der Waals surface area contributed by atoms with Gasteiger partial charge in [0, 0.05) is 20.1 Å². The molecule has 12 heavy (non-hydrogen) atoms. The largest absolute Gasteiger partial charge is 0.379 e. The zero-order valence-electron chi connectivity index (χ0n) is 7.37. The molecule has 1 unspecified atom stereocenters. The Morgan fingerprint density at radius 1 is 1.75 bits per heavy atom. The minimum Gasteiger partial charge on any atom is -0.379 e. The molecule has 1 atom stereocenters. The van der Waals surface area contributed by atoms with Crippen LogP contribution < -0.4 is 5.73 Å². The van der Waals surface area contributed by atoms with Gasteiger partial charge in [-0.05, 0) is 0 Å². The van der Waals surface area contributed by atoms with Gasteiger partial charge in [0.25, 0.3) is 5.91 Å². The standard InChI is InChI=1S/C7H14N2O3/c1-9(11-2)6(10)7(8)3-4-12-5-7/h3-5,8H2,1-2H3. The van der Waals surface area contributed by atoms with Crippen molar-refractivity contribution in [2.24, 2.45) is 5.73 Å². The number of rotatable bonds is 2. The maximum Gasteiger partial charge on any atom is 0.268 e. The first-order valence-corrected chi connectivity index (χ1v) is 3.79. The number of amides is 1. The molecule has 1 saturated heterocycles. The summed E-state index contributed by atoms with van der Waals surface area (Å²) in [5.74, 6) is -0.234. The Kier molecular flexibility index (Phi) is 2.66. The highest BCUT2D eigenvalue weighted by atomic mass is 16.7. The Morgan fingerprint density at radius 2 is 2.42 bits per heavy atom. The summed E-state index contributed by atoms with van der Waals surface area (Å²) in [6, 6.07) is 0. The third-order valence-electron chi connectivity index (χ3n) is 2.04. The van der Waals surface area contributed by atoms with Crippen LogP contribution in [0.3, 0.4) is 0 Å². The molecule has 5 nitrogen and oxygen atoms in total. The Labute approximate surface area is 71.4 Å². The van der Waals surface area contributed by atoms with E-state index in [9.17, 15) is 4.79 Å². The summed E-state index contributed by atoms with van der Waals surface area (Å²) in [7, 11) is 2.96. The number of hydrogen-bond acceptors (Lipinski definition) is 4. The van der Waals surface area contributed by atoms with Gasteiger partial charge in [-0.1, -0.05) is 0 Å². The highest BCUT2D eigenvalue weighted by Gasteiger charge is 2.40. The summed E-state index contributed by atoms with van der Waals surface area (Å²) in [6.45, 7) is 0.819. The summed E-state index contributed by atoms with van der Waals surface area (Å²) in [4.78, 5) is 16.2. The van der Waals surface area contributed by atoms with Crippen LogP contribution in [0.2, 0.25) is 0 Å². The molecule has 1 heterocycles. The van der Waals surface area contributed by atoms with Crippen LogP contribution in [0, 0.1) is 0 Å². The fourth-order valence-electron chi connectivity index (χ4n) is 1.15. The second-order valence-electron chi connectivity index (χ2n) is 2.94. The predicted molar refractivity (Wildman–Crippen MR) is 42.1 cm³/mol. The van der Waals surface area contributed by atoms with E-state index in [2.05, 4.69) is 0 Å². The number of carbonyl (C=O) groups excluding carboxylic acids is 1. The van der Waals surface area contributed by atoms with Crippen molar-refractivity contribution in [2.45, 2.75) is 12.0 Å². The predicted octanol–water partition coefficient (Wildman–Crippen LogP) is -0.876. The molecule has 0 radical (unpaired) electrons. The Morgan fingerprint density at radius 3 is 2.83 bits per heavy atom. The molecule has 0 saturated carbocycles. The van der Waals surface area contributed by atoms with E-state index >= 15 is 0 Å². The maximum absolute atomic E-state index is 11.5. The molecule has 0 aromatic heterocycles. The van der Waals surface area contributed by atoms with E-state index in [0.717, 1.165) is 5.06 Å². The van der Waals surface area contributed by atoms with Crippen LogP contribution >= 0.6 is 0 Å². The Balaban J connectivity index is 2.61. The van der Waals surface area contributed by atoms with Crippen LogP contribution in [0.25, 0.3) is 0 Å². The molecule has 0 spiro atoms. The van der Waals surface area contributed by atoms with Crippen molar-refractivity contribution in [2.75, 3.05) is 27.4 Å². The lowest BCUT2D eigenvalue weighted by atomic mass is 9.99. The maximum atomic E-state index is 11.5. The van der Waals surface area contributed by atoms with Crippen LogP contribution in [0.5, 0.6) is 0 Å². The van der Waals surface area contributed by atoms with Crippen LogP contribution in [0.15, 0.2) is 0 Å². The van der Waals surface area contributed by atoms with Gasteiger partial charge in [0.2, 0.25) is 0 Å². The number of ether oxygens (including phenoxy) is 1. The van der Waals surface area contributed by atoms with E-state index < -0.39 is 5.54 Å². The lowest BCUT2D eigenvalue weighted by molar-refractivity contribution is -0.174. The quantitative estimate of drug-likeness (QED) is 0.552. The van der Waals surface area contributed by atoms with Gasteiger partial charge in [0.05, 0.1) is 13.7 Å². The number of nitrogens with zero attached hydrogens (tertiary/aromatic N) is 1. The molecule has 1 rings (SSSR count). The van der Waals surface area contributed by atoms with Crippen molar-refractivity contribution in [1.29, 1.82) is 0 Å². The smallest absolute Gasteiger partial charge is 0.268 e. The molecule has 70 valence electrons. The molecule has 1 aliphatic heterocycles. The lowest BCUT2D eigenvalue weighted by Gasteiger charge is -2.25. The molecular weight excluding hydrogens is 160 g/mol. The first-order valence-electron chi connectivity index (χ1n) is 3.79. The number of hydrogen-bond donors (Lipinski definition) is 1. The summed E-state index contributed by atoms with van der Waals surface area (Å²) in [6.07, 6.45) is 0.555. The van der Waals surface area contributed by atoms with Gasteiger partial charge in [-0.3, -0.25) is 9.63 Å². The van der Waals surface area contributed by atoms with Gasteiger partial charge in [0.15, 0.2) is 0 Å². The molecule has 1 amide bonds. The van der Waals surface area contributed by atoms with Crippen LogP contribution in [-0.2, 0) is 14.4 Å². The summed E-state index contributed by atoms with van der Waals surface area (Å²) in [5, 5.41) is 1.13. The van der Waals surface area contributed by atoms with Crippen molar-refractivity contribution in [3.63, 3.8) is 0 Å². The Hall–Kier alpha value is -0.650. The highest BCUT2D eigenvalue weighted by Crippen LogP contribution is 2.17. The third kappa shape index (κ3) is 1.57. The first-order chi connectivity index (χ1) is 5.60. The van der Waals surface area contributed by atoms with E-state index in [0.29, 0.717) is 13.0 Å². The molecule has 0 aliphatic carbocycles. The van der Waals surface area contributed by atoms with Gasteiger partial charge < -0.3 is 10.5 Å². The van der Waals surface area contributed by atoms with Crippen molar-refractivity contribution in [3.05, 3.63) is 0 Å². The fourth-order valence-corrected chi connectivity index (χ4v) is 1.15. The molecule has 5 heteroatoms. The second-order valence-corrected chi connectivity index (χ2v) is 2.94. The van der Waals surface area contributed by atoms with E-state index in [1.807, 2.05) is 0 Å².